The van der Waals surface area contributed by atoms with Crippen LogP contribution >= 0.6 is 11.8 Å². The summed E-state index contributed by atoms with van der Waals surface area (Å²) in [6, 6.07) is 10.3. The molecule has 5 heteroatoms. The van der Waals surface area contributed by atoms with Crippen LogP contribution < -0.4 is 10.1 Å². The van der Waals surface area contributed by atoms with Gasteiger partial charge < -0.3 is 10.1 Å². The molecule has 0 unspecified atom stereocenters. The van der Waals surface area contributed by atoms with Gasteiger partial charge in [-0.3, -0.25) is 4.79 Å². The first kappa shape index (κ1) is 17.3. The van der Waals surface area contributed by atoms with E-state index < -0.39 is 0 Å². The molecule has 23 heavy (non-hydrogen) atoms. The van der Waals surface area contributed by atoms with Gasteiger partial charge in [-0.05, 0) is 43.2 Å². The molecule has 0 fully saturated rings. The van der Waals surface area contributed by atoms with Crippen LogP contribution in [0.5, 0.6) is 5.75 Å². The van der Waals surface area contributed by atoms with E-state index in [0.29, 0.717) is 17.3 Å². The van der Waals surface area contributed by atoms with Crippen molar-refractivity contribution in [1.82, 2.24) is 0 Å². The lowest BCUT2D eigenvalue weighted by Gasteiger charge is -2.12. The minimum absolute atomic E-state index is 0.0669. The number of hydrogen-bond acceptors (Lipinski definition) is 3. The minimum atomic E-state index is -0.304. The van der Waals surface area contributed by atoms with Gasteiger partial charge in [-0.1, -0.05) is 18.2 Å². The third kappa shape index (κ3) is 4.73. The van der Waals surface area contributed by atoms with Crippen LogP contribution in [0.4, 0.5) is 10.1 Å². The van der Waals surface area contributed by atoms with Crippen LogP contribution in [-0.4, -0.2) is 18.8 Å². The summed E-state index contributed by atoms with van der Waals surface area (Å²) in [6.07, 6.45) is 0. The van der Waals surface area contributed by atoms with Crippen molar-refractivity contribution in [3.05, 3.63) is 58.9 Å². The highest BCUT2D eigenvalue weighted by atomic mass is 32.2. The van der Waals surface area contributed by atoms with E-state index in [1.807, 2.05) is 32.0 Å². The molecule has 0 aromatic heterocycles. The molecule has 0 heterocycles. The van der Waals surface area contributed by atoms with Crippen molar-refractivity contribution in [3.8, 4) is 5.75 Å². The summed E-state index contributed by atoms with van der Waals surface area (Å²) in [4.78, 5) is 12.1. The average Bonchev–Trinajstić information content (AvgIpc) is 2.51. The van der Waals surface area contributed by atoms with E-state index in [9.17, 15) is 9.18 Å². The first-order valence-corrected chi connectivity index (χ1v) is 8.43. The van der Waals surface area contributed by atoms with Gasteiger partial charge in [0.25, 0.3) is 0 Å². The number of benzene rings is 2. The lowest BCUT2D eigenvalue weighted by molar-refractivity contribution is -0.113. The summed E-state index contributed by atoms with van der Waals surface area (Å²) >= 11 is 1.42. The molecular formula is C18H20FNO2S. The number of carbonyl (C=O) groups excluding carboxylic acids is 1. The summed E-state index contributed by atoms with van der Waals surface area (Å²) in [6.45, 7) is 3.93. The number of halogens is 1. The highest BCUT2D eigenvalue weighted by molar-refractivity contribution is 7.99. The van der Waals surface area contributed by atoms with Crippen LogP contribution in [-0.2, 0) is 10.5 Å². The number of hydrogen-bond donors (Lipinski definition) is 1. The van der Waals surface area contributed by atoms with Gasteiger partial charge in [-0.15, -0.1) is 11.8 Å². The number of anilines is 1. The van der Waals surface area contributed by atoms with Gasteiger partial charge in [0.1, 0.15) is 11.6 Å². The molecule has 0 radical (unpaired) electrons. The highest BCUT2D eigenvalue weighted by Crippen LogP contribution is 2.25. The van der Waals surface area contributed by atoms with E-state index in [-0.39, 0.29) is 11.7 Å². The lowest BCUT2D eigenvalue weighted by Crippen LogP contribution is -2.16. The van der Waals surface area contributed by atoms with Crippen molar-refractivity contribution in [2.24, 2.45) is 0 Å². The zero-order chi connectivity index (χ0) is 16.8. The van der Waals surface area contributed by atoms with Crippen molar-refractivity contribution < 1.29 is 13.9 Å². The maximum Gasteiger partial charge on any atom is 0.234 e. The van der Waals surface area contributed by atoms with E-state index in [1.54, 1.807) is 13.2 Å². The van der Waals surface area contributed by atoms with Crippen LogP contribution in [0, 0.1) is 19.7 Å². The zero-order valence-corrected chi connectivity index (χ0v) is 14.3. The summed E-state index contributed by atoms with van der Waals surface area (Å²) < 4.78 is 18.5. The smallest absolute Gasteiger partial charge is 0.234 e. The minimum Gasteiger partial charge on any atom is -0.496 e. The largest absolute Gasteiger partial charge is 0.496 e. The van der Waals surface area contributed by atoms with Crippen LogP contribution in [0.1, 0.15) is 16.7 Å². The van der Waals surface area contributed by atoms with Gasteiger partial charge in [0.15, 0.2) is 0 Å². The number of ether oxygens (including phenoxy) is 1. The molecule has 0 spiro atoms. The molecule has 0 aliphatic carbocycles. The number of thioether (sulfide) groups is 1. The number of nitrogens with one attached hydrogen (secondary N) is 1. The first-order chi connectivity index (χ1) is 11.0. The summed E-state index contributed by atoms with van der Waals surface area (Å²) in [5.41, 5.74) is 3.68. The molecule has 0 bridgehead atoms. The van der Waals surface area contributed by atoms with Crippen molar-refractivity contribution in [2.75, 3.05) is 18.2 Å². The molecule has 1 amide bonds. The fraction of sp³-hybridized carbons (Fsp3) is 0.278. The zero-order valence-electron chi connectivity index (χ0n) is 13.5. The Kier molecular flexibility index (Phi) is 6.04. The van der Waals surface area contributed by atoms with Gasteiger partial charge in [0.05, 0.1) is 12.9 Å². The molecule has 122 valence electrons. The van der Waals surface area contributed by atoms with E-state index in [4.69, 9.17) is 4.74 Å². The van der Waals surface area contributed by atoms with Gasteiger partial charge in [0, 0.05) is 17.0 Å². The van der Waals surface area contributed by atoms with Crippen molar-refractivity contribution in [1.29, 1.82) is 0 Å². The maximum absolute atomic E-state index is 13.3. The number of amides is 1. The molecule has 3 nitrogen and oxygen atoms in total. The molecule has 0 aliphatic heterocycles. The molecule has 2 aromatic carbocycles. The lowest BCUT2D eigenvalue weighted by atomic mass is 10.1. The Morgan fingerprint density at radius 3 is 2.57 bits per heavy atom. The Morgan fingerprint density at radius 2 is 1.91 bits per heavy atom. The molecular weight excluding hydrogens is 313 g/mol. The Hall–Kier alpha value is -2.01. The van der Waals surface area contributed by atoms with E-state index >= 15 is 0 Å². The fourth-order valence-electron chi connectivity index (χ4n) is 2.30. The molecule has 0 aliphatic rings. The number of para-hydroxylation sites is 1. The predicted octanol–water partition coefficient (Wildman–Crippen LogP) is 4.32. The van der Waals surface area contributed by atoms with E-state index in [2.05, 4.69) is 5.32 Å². The number of methoxy groups -OCH3 is 1. The molecule has 0 atom stereocenters. The molecule has 0 saturated carbocycles. The van der Waals surface area contributed by atoms with Crippen LogP contribution in [0.25, 0.3) is 0 Å². The third-order valence-corrected chi connectivity index (χ3v) is 4.46. The quantitative estimate of drug-likeness (QED) is 0.855. The third-order valence-electron chi connectivity index (χ3n) is 3.48. The highest BCUT2D eigenvalue weighted by Gasteiger charge is 2.09. The Bertz CT molecular complexity index is 683. The van der Waals surface area contributed by atoms with Crippen molar-refractivity contribution in [3.63, 3.8) is 0 Å². The average molecular weight is 333 g/mol. The van der Waals surface area contributed by atoms with Crippen molar-refractivity contribution >= 4 is 23.4 Å². The topological polar surface area (TPSA) is 38.3 Å². The Balaban J connectivity index is 1.92. The van der Waals surface area contributed by atoms with Gasteiger partial charge in [0.2, 0.25) is 5.91 Å². The Morgan fingerprint density at radius 1 is 1.22 bits per heavy atom. The van der Waals surface area contributed by atoms with E-state index in [1.165, 1.54) is 23.9 Å². The Labute approximate surface area is 140 Å². The second-order valence-electron chi connectivity index (χ2n) is 5.26. The second-order valence-corrected chi connectivity index (χ2v) is 6.25. The van der Waals surface area contributed by atoms with Crippen LogP contribution in [0.15, 0.2) is 36.4 Å². The molecule has 1 N–H and O–H groups in total. The number of aryl methyl sites for hydroxylation is 2. The molecule has 2 aromatic rings. The number of rotatable bonds is 6. The van der Waals surface area contributed by atoms with Crippen LogP contribution in [0.2, 0.25) is 0 Å². The van der Waals surface area contributed by atoms with E-state index in [0.717, 1.165) is 22.4 Å². The normalized spacial score (nSPS) is 10.4. The summed E-state index contributed by atoms with van der Waals surface area (Å²) in [5.74, 6) is 1.08. The predicted molar refractivity (Wildman–Crippen MR) is 93.7 cm³/mol. The number of carbonyl (C=O) groups is 1. The van der Waals surface area contributed by atoms with Gasteiger partial charge >= 0.3 is 0 Å². The standard InChI is InChI=1S/C18H20FNO2S/c1-12-5-4-6-13(2)18(12)20-17(21)11-23-10-14-9-15(19)7-8-16(14)22-3/h4-9H,10-11H2,1-3H3,(H,20,21). The molecule has 0 saturated heterocycles. The SMILES string of the molecule is COc1ccc(F)cc1CSCC(=O)Nc1c(C)cccc1C. The maximum atomic E-state index is 13.3. The van der Waals surface area contributed by atoms with Crippen LogP contribution in [0.3, 0.4) is 0 Å². The van der Waals surface area contributed by atoms with Crippen molar-refractivity contribution in [2.45, 2.75) is 19.6 Å². The molecule has 2 rings (SSSR count). The first-order valence-electron chi connectivity index (χ1n) is 7.27. The fourth-order valence-corrected chi connectivity index (χ4v) is 3.11. The van der Waals surface area contributed by atoms with Gasteiger partial charge in [-0.25, -0.2) is 4.39 Å². The summed E-state index contributed by atoms with van der Waals surface area (Å²) in [7, 11) is 1.55. The van der Waals surface area contributed by atoms with Gasteiger partial charge in [-0.2, -0.15) is 0 Å². The monoisotopic (exact) mass is 333 g/mol. The second kappa shape index (κ2) is 8.02. The summed E-state index contributed by atoms with van der Waals surface area (Å²) in [5, 5.41) is 2.94.